The van der Waals surface area contributed by atoms with Crippen molar-refractivity contribution >= 4 is 11.9 Å². The Bertz CT molecular complexity index is 705. The number of aryl methyl sites for hydroxylation is 1. The Kier molecular flexibility index (Phi) is 5.21. The standard InChI is InChI=1S/C18H22N2O3/c1-12-11-16(18(23)19-10-9-17(21)22)14(3)20(12)13(2)15-7-5-4-6-8-15/h4-8,11,13H,9-10H2,1-3H3,(H,19,23)(H,21,22). The third-order valence-corrected chi connectivity index (χ3v) is 4.02. The monoisotopic (exact) mass is 314 g/mol. The summed E-state index contributed by atoms with van der Waals surface area (Å²) in [6.07, 6.45) is -0.0785. The molecule has 1 amide bonds. The van der Waals surface area contributed by atoms with Crippen LogP contribution in [0.15, 0.2) is 36.4 Å². The van der Waals surface area contributed by atoms with Gasteiger partial charge in [-0.25, -0.2) is 0 Å². The molecule has 2 aromatic rings. The molecule has 122 valence electrons. The van der Waals surface area contributed by atoms with Crippen LogP contribution in [0.2, 0.25) is 0 Å². The SMILES string of the molecule is Cc1cc(C(=O)NCCC(=O)O)c(C)n1C(C)c1ccccc1. The van der Waals surface area contributed by atoms with Gasteiger partial charge in [-0.05, 0) is 32.4 Å². The Hall–Kier alpha value is -2.56. The molecule has 0 radical (unpaired) electrons. The molecule has 0 saturated carbocycles. The third-order valence-electron chi connectivity index (χ3n) is 4.02. The average Bonchev–Trinajstić information content (AvgIpc) is 2.82. The highest BCUT2D eigenvalue weighted by molar-refractivity contribution is 5.95. The zero-order valence-electron chi connectivity index (χ0n) is 13.7. The molecule has 0 aliphatic carbocycles. The maximum absolute atomic E-state index is 12.3. The van der Waals surface area contributed by atoms with Crippen molar-refractivity contribution in [2.24, 2.45) is 0 Å². The molecule has 0 bridgehead atoms. The van der Waals surface area contributed by atoms with Gasteiger partial charge in [-0.1, -0.05) is 30.3 Å². The number of carbonyl (C=O) groups excluding carboxylic acids is 1. The second-order valence-electron chi connectivity index (χ2n) is 5.64. The first kappa shape index (κ1) is 16.8. The molecule has 2 rings (SSSR count). The first-order valence-corrected chi connectivity index (χ1v) is 7.65. The van der Waals surface area contributed by atoms with Gasteiger partial charge in [0.25, 0.3) is 5.91 Å². The van der Waals surface area contributed by atoms with Crippen molar-refractivity contribution in [1.82, 2.24) is 9.88 Å². The number of rotatable bonds is 6. The molecule has 2 N–H and O–H groups in total. The second kappa shape index (κ2) is 7.13. The lowest BCUT2D eigenvalue weighted by atomic mass is 10.1. The summed E-state index contributed by atoms with van der Waals surface area (Å²) in [5, 5.41) is 11.3. The summed E-state index contributed by atoms with van der Waals surface area (Å²) in [5.41, 5.74) is 3.65. The van der Waals surface area contributed by atoms with Crippen LogP contribution >= 0.6 is 0 Å². The molecule has 0 aliphatic rings. The number of aliphatic carboxylic acids is 1. The molecule has 0 spiro atoms. The van der Waals surface area contributed by atoms with Gasteiger partial charge >= 0.3 is 5.97 Å². The van der Waals surface area contributed by atoms with E-state index in [1.54, 1.807) is 0 Å². The topological polar surface area (TPSA) is 71.3 Å². The lowest BCUT2D eigenvalue weighted by Gasteiger charge is -2.19. The number of aromatic nitrogens is 1. The van der Waals surface area contributed by atoms with Crippen molar-refractivity contribution < 1.29 is 14.7 Å². The highest BCUT2D eigenvalue weighted by Gasteiger charge is 2.19. The predicted molar refractivity (Wildman–Crippen MR) is 88.7 cm³/mol. The number of nitrogens with one attached hydrogen (secondary N) is 1. The van der Waals surface area contributed by atoms with Gasteiger partial charge in [-0.2, -0.15) is 0 Å². The number of carboxylic acids is 1. The highest BCUT2D eigenvalue weighted by Crippen LogP contribution is 2.25. The molecule has 0 aliphatic heterocycles. The Morgan fingerprint density at radius 2 is 1.87 bits per heavy atom. The van der Waals surface area contributed by atoms with E-state index < -0.39 is 5.97 Å². The number of hydrogen-bond acceptors (Lipinski definition) is 2. The van der Waals surface area contributed by atoms with Crippen molar-refractivity contribution in [1.29, 1.82) is 0 Å². The smallest absolute Gasteiger partial charge is 0.305 e. The van der Waals surface area contributed by atoms with Crippen LogP contribution in [-0.2, 0) is 4.79 Å². The van der Waals surface area contributed by atoms with E-state index in [0.717, 1.165) is 11.4 Å². The second-order valence-corrected chi connectivity index (χ2v) is 5.64. The fourth-order valence-electron chi connectivity index (χ4n) is 2.86. The zero-order valence-corrected chi connectivity index (χ0v) is 13.7. The number of amides is 1. The van der Waals surface area contributed by atoms with Crippen LogP contribution in [0.3, 0.4) is 0 Å². The lowest BCUT2D eigenvalue weighted by Crippen LogP contribution is -2.26. The van der Waals surface area contributed by atoms with E-state index in [-0.39, 0.29) is 24.9 Å². The molecule has 1 aromatic carbocycles. The fourth-order valence-corrected chi connectivity index (χ4v) is 2.86. The average molecular weight is 314 g/mol. The Morgan fingerprint density at radius 1 is 1.22 bits per heavy atom. The van der Waals surface area contributed by atoms with Gasteiger partial charge in [0, 0.05) is 17.9 Å². The minimum Gasteiger partial charge on any atom is -0.481 e. The molecule has 5 heteroatoms. The minimum absolute atomic E-state index is 0.0785. The lowest BCUT2D eigenvalue weighted by molar-refractivity contribution is -0.136. The van der Waals surface area contributed by atoms with Gasteiger partial charge in [0.1, 0.15) is 0 Å². The van der Waals surface area contributed by atoms with E-state index in [9.17, 15) is 9.59 Å². The molecule has 0 fully saturated rings. The molecule has 23 heavy (non-hydrogen) atoms. The van der Waals surface area contributed by atoms with Gasteiger partial charge in [0.2, 0.25) is 0 Å². The summed E-state index contributed by atoms with van der Waals surface area (Å²) in [5.74, 6) is -1.15. The number of hydrogen-bond donors (Lipinski definition) is 2. The van der Waals surface area contributed by atoms with Crippen LogP contribution in [0.5, 0.6) is 0 Å². The highest BCUT2D eigenvalue weighted by atomic mass is 16.4. The molecule has 1 atom stereocenters. The van der Waals surface area contributed by atoms with Crippen molar-refractivity contribution in [2.45, 2.75) is 33.2 Å². The molecule has 1 unspecified atom stereocenters. The van der Waals surface area contributed by atoms with Crippen molar-refractivity contribution in [3.8, 4) is 0 Å². The normalized spacial score (nSPS) is 12.0. The third kappa shape index (κ3) is 3.80. The first-order valence-electron chi connectivity index (χ1n) is 7.65. The summed E-state index contributed by atoms with van der Waals surface area (Å²) in [4.78, 5) is 22.8. The molecular formula is C18H22N2O3. The predicted octanol–water partition coefficient (Wildman–Crippen LogP) is 2.92. The zero-order chi connectivity index (χ0) is 17.0. The van der Waals surface area contributed by atoms with Crippen LogP contribution in [0, 0.1) is 13.8 Å². The maximum atomic E-state index is 12.3. The summed E-state index contributed by atoms with van der Waals surface area (Å²) >= 11 is 0. The van der Waals surface area contributed by atoms with E-state index in [0.29, 0.717) is 5.56 Å². The number of nitrogens with zero attached hydrogens (tertiary/aromatic N) is 1. The van der Waals surface area contributed by atoms with Crippen LogP contribution in [0.1, 0.15) is 46.7 Å². The molecule has 1 aromatic heterocycles. The molecular weight excluding hydrogens is 292 g/mol. The van der Waals surface area contributed by atoms with Crippen LogP contribution in [0.25, 0.3) is 0 Å². The van der Waals surface area contributed by atoms with Gasteiger partial charge in [0.05, 0.1) is 18.0 Å². The Morgan fingerprint density at radius 3 is 2.48 bits per heavy atom. The Balaban J connectivity index is 2.22. The van der Waals surface area contributed by atoms with Gasteiger partial charge in [0.15, 0.2) is 0 Å². The van der Waals surface area contributed by atoms with Crippen LogP contribution in [0.4, 0.5) is 0 Å². The molecule has 1 heterocycles. The Labute approximate surface area is 135 Å². The summed E-state index contributed by atoms with van der Waals surface area (Å²) in [6, 6.07) is 12.1. The summed E-state index contributed by atoms with van der Waals surface area (Å²) in [7, 11) is 0. The number of carboxylic acid groups (broad SMARTS) is 1. The van der Waals surface area contributed by atoms with Crippen LogP contribution in [-0.4, -0.2) is 28.1 Å². The molecule has 5 nitrogen and oxygen atoms in total. The van der Waals surface area contributed by atoms with Gasteiger partial charge in [-0.15, -0.1) is 0 Å². The van der Waals surface area contributed by atoms with Gasteiger partial charge < -0.3 is 15.0 Å². The van der Waals surface area contributed by atoms with E-state index in [1.807, 2.05) is 38.1 Å². The quantitative estimate of drug-likeness (QED) is 0.861. The van der Waals surface area contributed by atoms with Crippen LogP contribution < -0.4 is 5.32 Å². The largest absolute Gasteiger partial charge is 0.481 e. The van der Waals surface area contributed by atoms with Crippen molar-refractivity contribution in [3.63, 3.8) is 0 Å². The minimum atomic E-state index is -0.923. The summed E-state index contributed by atoms with van der Waals surface area (Å²) < 4.78 is 2.13. The van der Waals surface area contributed by atoms with E-state index >= 15 is 0 Å². The summed E-state index contributed by atoms with van der Waals surface area (Å²) in [6.45, 7) is 6.12. The fraction of sp³-hybridized carbons (Fsp3) is 0.333. The van der Waals surface area contributed by atoms with E-state index in [1.165, 1.54) is 5.56 Å². The maximum Gasteiger partial charge on any atom is 0.305 e. The first-order chi connectivity index (χ1) is 10.9. The molecule has 0 saturated heterocycles. The van der Waals surface area contributed by atoms with Crippen molar-refractivity contribution in [2.75, 3.05) is 6.54 Å². The van der Waals surface area contributed by atoms with Gasteiger partial charge in [-0.3, -0.25) is 9.59 Å². The van der Waals surface area contributed by atoms with E-state index in [4.69, 9.17) is 5.11 Å². The van der Waals surface area contributed by atoms with Crippen molar-refractivity contribution in [3.05, 3.63) is 58.9 Å². The number of benzene rings is 1. The van der Waals surface area contributed by atoms with E-state index in [2.05, 4.69) is 28.9 Å². The number of carbonyl (C=O) groups is 2.